The van der Waals surface area contributed by atoms with Crippen molar-refractivity contribution >= 4 is 25.8 Å². The van der Waals surface area contributed by atoms with Crippen LogP contribution in [-0.4, -0.2) is 25.3 Å². The molecule has 2 nitrogen and oxygen atoms in total. The molecule has 2 bridgehead atoms. The van der Waals surface area contributed by atoms with Crippen molar-refractivity contribution in [2.45, 2.75) is 45.4 Å². The predicted octanol–water partition coefficient (Wildman–Crippen LogP) is 3.40. The fraction of sp³-hybridized carbons (Fsp3) is 1.00. The lowest BCUT2D eigenvalue weighted by molar-refractivity contribution is 0.191. The summed E-state index contributed by atoms with van der Waals surface area (Å²) in [6.07, 6.45) is 6.92. The minimum absolute atomic E-state index is 0.295. The summed E-state index contributed by atoms with van der Waals surface area (Å²) in [6.45, 7) is 1.94. The van der Waals surface area contributed by atoms with Gasteiger partial charge < -0.3 is 0 Å². The van der Waals surface area contributed by atoms with Crippen molar-refractivity contribution in [3.63, 3.8) is 0 Å². The number of fused-ring (bicyclic) bond motifs is 2. The van der Waals surface area contributed by atoms with Crippen molar-refractivity contribution in [2.75, 3.05) is 16.8 Å². The smallest absolute Gasteiger partial charge is 0.150 e. The monoisotopic (exact) mass is 322 g/mol. The molecule has 0 saturated heterocycles. The van der Waals surface area contributed by atoms with Crippen molar-refractivity contribution in [3.05, 3.63) is 0 Å². The predicted molar refractivity (Wildman–Crippen MR) is 75.2 cm³/mol. The van der Waals surface area contributed by atoms with Crippen LogP contribution in [0.4, 0.5) is 0 Å². The van der Waals surface area contributed by atoms with Gasteiger partial charge in [0.15, 0.2) is 0 Å². The lowest BCUT2D eigenvalue weighted by atomic mass is 9.73. The molecule has 3 atom stereocenters. The highest BCUT2D eigenvalue weighted by Gasteiger charge is 2.50. The van der Waals surface area contributed by atoms with Crippen molar-refractivity contribution in [3.8, 4) is 0 Å². The quantitative estimate of drug-likeness (QED) is 0.702. The van der Waals surface area contributed by atoms with E-state index in [0.717, 1.165) is 30.0 Å². The van der Waals surface area contributed by atoms with Gasteiger partial charge in [-0.1, -0.05) is 29.3 Å². The number of halogens is 1. The SMILES string of the molecule is CCCS(=O)(=O)CCC1(CBr)CC2CCC1C2. The minimum atomic E-state index is -2.80. The molecule has 100 valence electrons. The van der Waals surface area contributed by atoms with Gasteiger partial charge >= 0.3 is 0 Å². The van der Waals surface area contributed by atoms with Gasteiger partial charge in [-0.2, -0.15) is 0 Å². The fourth-order valence-corrected chi connectivity index (χ4v) is 6.38. The van der Waals surface area contributed by atoms with Crippen LogP contribution in [0.1, 0.15) is 45.4 Å². The zero-order chi connectivity index (χ0) is 12.5. The largest absolute Gasteiger partial charge is 0.229 e. The van der Waals surface area contributed by atoms with Crippen LogP contribution in [0, 0.1) is 17.3 Å². The highest BCUT2D eigenvalue weighted by atomic mass is 79.9. The van der Waals surface area contributed by atoms with E-state index in [1.807, 2.05) is 6.92 Å². The number of sulfone groups is 1. The molecular weight excluding hydrogens is 300 g/mol. The van der Waals surface area contributed by atoms with Gasteiger partial charge in [0, 0.05) is 11.1 Å². The minimum Gasteiger partial charge on any atom is -0.229 e. The third kappa shape index (κ3) is 2.89. The Balaban J connectivity index is 1.97. The Morgan fingerprint density at radius 3 is 2.53 bits per heavy atom. The van der Waals surface area contributed by atoms with Gasteiger partial charge in [-0.3, -0.25) is 0 Å². The molecule has 2 aliphatic rings. The third-order valence-electron chi connectivity index (χ3n) is 4.79. The van der Waals surface area contributed by atoms with Crippen LogP contribution in [-0.2, 0) is 9.84 Å². The Morgan fingerprint density at radius 2 is 2.06 bits per heavy atom. The number of alkyl halides is 1. The maximum Gasteiger partial charge on any atom is 0.150 e. The van der Waals surface area contributed by atoms with E-state index >= 15 is 0 Å². The Morgan fingerprint density at radius 1 is 1.29 bits per heavy atom. The summed E-state index contributed by atoms with van der Waals surface area (Å²) in [5.74, 6) is 2.42. The number of rotatable bonds is 6. The molecule has 0 aromatic heterocycles. The van der Waals surface area contributed by atoms with Crippen LogP contribution in [0.5, 0.6) is 0 Å². The molecule has 0 radical (unpaired) electrons. The first-order chi connectivity index (χ1) is 8.01. The molecule has 2 aliphatic carbocycles. The van der Waals surface area contributed by atoms with E-state index in [0.29, 0.717) is 16.9 Å². The van der Waals surface area contributed by atoms with Gasteiger partial charge in [-0.05, 0) is 49.4 Å². The van der Waals surface area contributed by atoms with Gasteiger partial charge in [-0.25, -0.2) is 8.42 Å². The normalized spacial score (nSPS) is 36.6. The fourth-order valence-electron chi connectivity index (χ4n) is 3.87. The van der Waals surface area contributed by atoms with Crippen molar-refractivity contribution in [2.24, 2.45) is 17.3 Å². The van der Waals surface area contributed by atoms with Gasteiger partial charge in [-0.15, -0.1) is 0 Å². The van der Waals surface area contributed by atoms with Crippen molar-refractivity contribution in [1.82, 2.24) is 0 Å². The lowest BCUT2D eigenvalue weighted by Crippen LogP contribution is -2.32. The first-order valence-electron chi connectivity index (χ1n) is 6.78. The highest BCUT2D eigenvalue weighted by Crippen LogP contribution is 2.58. The molecule has 3 unspecified atom stereocenters. The second kappa shape index (κ2) is 5.20. The van der Waals surface area contributed by atoms with E-state index < -0.39 is 9.84 Å². The van der Waals surface area contributed by atoms with Gasteiger partial charge in [0.05, 0.1) is 5.75 Å². The molecule has 2 saturated carbocycles. The Kier molecular flexibility index (Phi) is 4.24. The molecule has 2 rings (SSSR count). The van der Waals surface area contributed by atoms with Crippen LogP contribution in [0.3, 0.4) is 0 Å². The van der Waals surface area contributed by atoms with E-state index in [9.17, 15) is 8.42 Å². The summed E-state index contributed by atoms with van der Waals surface area (Å²) in [4.78, 5) is 0. The molecule has 0 aromatic rings. The molecule has 0 N–H and O–H groups in total. The van der Waals surface area contributed by atoms with Gasteiger partial charge in [0.25, 0.3) is 0 Å². The summed E-state index contributed by atoms with van der Waals surface area (Å²) < 4.78 is 23.7. The Hall–Kier alpha value is 0.430. The molecule has 2 fully saturated rings. The summed E-state index contributed by atoms with van der Waals surface area (Å²) in [5.41, 5.74) is 0.295. The number of hydrogen-bond donors (Lipinski definition) is 0. The summed E-state index contributed by atoms with van der Waals surface area (Å²) in [5, 5.41) is 0.989. The average molecular weight is 323 g/mol. The first kappa shape index (κ1) is 13.9. The molecule has 0 spiro atoms. The van der Waals surface area contributed by atoms with Crippen molar-refractivity contribution < 1.29 is 8.42 Å². The molecular formula is C13H23BrO2S. The summed E-state index contributed by atoms with van der Waals surface area (Å²) in [7, 11) is -2.80. The average Bonchev–Trinajstić information content (AvgIpc) is 2.87. The molecule has 0 amide bonds. The standard InChI is InChI=1S/C13H23BrO2S/c1-2-6-17(15,16)7-5-13(10-14)9-11-3-4-12(13)8-11/h11-12H,2-10H2,1H3. The zero-order valence-corrected chi connectivity index (χ0v) is 13.0. The van der Waals surface area contributed by atoms with Crippen LogP contribution in [0.15, 0.2) is 0 Å². The van der Waals surface area contributed by atoms with E-state index in [4.69, 9.17) is 0 Å². The molecule has 0 aliphatic heterocycles. The van der Waals surface area contributed by atoms with Crippen LogP contribution >= 0.6 is 15.9 Å². The van der Waals surface area contributed by atoms with Gasteiger partial charge in [0.1, 0.15) is 9.84 Å². The summed E-state index contributed by atoms with van der Waals surface area (Å²) in [6, 6.07) is 0. The van der Waals surface area contributed by atoms with E-state index in [-0.39, 0.29) is 0 Å². The Labute approximate surface area is 114 Å². The van der Waals surface area contributed by atoms with Crippen LogP contribution < -0.4 is 0 Å². The zero-order valence-electron chi connectivity index (χ0n) is 10.6. The van der Waals surface area contributed by atoms with E-state index in [2.05, 4.69) is 15.9 Å². The van der Waals surface area contributed by atoms with Crippen molar-refractivity contribution in [1.29, 1.82) is 0 Å². The number of hydrogen-bond acceptors (Lipinski definition) is 2. The molecule has 0 aromatic carbocycles. The van der Waals surface area contributed by atoms with Crippen LogP contribution in [0.2, 0.25) is 0 Å². The second-order valence-electron chi connectivity index (χ2n) is 5.98. The summed E-state index contributed by atoms with van der Waals surface area (Å²) >= 11 is 3.65. The van der Waals surface area contributed by atoms with E-state index in [1.165, 1.54) is 25.7 Å². The second-order valence-corrected chi connectivity index (χ2v) is 8.84. The Bertz CT molecular complexity index is 366. The maximum absolute atomic E-state index is 11.8. The van der Waals surface area contributed by atoms with E-state index in [1.54, 1.807) is 0 Å². The lowest BCUT2D eigenvalue weighted by Gasteiger charge is -2.36. The maximum atomic E-state index is 11.8. The topological polar surface area (TPSA) is 34.1 Å². The molecule has 0 heterocycles. The van der Waals surface area contributed by atoms with Crippen LogP contribution in [0.25, 0.3) is 0 Å². The molecule has 17 heavy (non-hydrogen) atoms. The van der Waals surface area contributed by atoms with Gasteiger partial charge in [0.2, 0.25) is 0 Å². The third-order valence-corrected chi connectivity index (χ3v) is 7.77. The highest BCUT2D eigenvalue weighted by molar-refractivity contribution is 9.09. The molecule has 4 heteroatoms. The first-order valence-corrected chi connectivity index (χ1v) is 9.72.